The van der Waals surface area contributed by atoms with E-state index < -0.39 is 39.7 Å². The number of halogens is 2. The van der Waals surface area contributed by atoms with Crippen molar-refractivity contribution in [1.29, 1.82) is 0 Å². The summed E-state index contributed by atoms with van der Waals surface area (Å²) in [6.07, 6.45) is 2.91. The fraction of sp³-hybridized carbons (Fsp3) is 0.524. The van der Waals surface area contributed by atoms with Crippen LogP contribution in [0.25, 0.3) is 10.9 Å². The molecule has 1 unspecified atom stereocenters. The van der Waals surface area contributed by atoms with Gasteiger partial charge >= 0.3 is 5.97 Å². The molecule has 0 saturated carbocycles. The Labute approximate surface area is 172 Å². The molecule has 2 saturated heterocycles. The molecule has 30 heavy (non-hydrogen) atoms. The van der Waals surface area contributed by atoms with Gasteiger partial charge in [-0.25, -0.2) is 13.6 Å². The van der Waals surface area contributed by atoms with Gasteiger partial charge in [0.15, 0.2) is 11.6 Å². The first-order valence-electron chi connectivity index (χ1n) is 10.3. The van der Waals surface area contributed by atoms with Crippen molar-refractivity contribution in [2.45, 2.75) is 33.2 Å². The van der Waals surface area contributed by atoms with Crippen LogP contribution in [-0.2, 0) is 6.54 Å². The largest absolute Gasteiger partial charge is 0.477 e. The third-order valence-corrected chi connectivity index (χ3v) is 6.70. The van der Waals surface area contributed by atoms with E-state index in [1.165, 1.54) is 4.57 Å². The lowest BCUT2D eigenvalue weighted by Gasteiger charge is -2.27. The van der Waals surface area contributed by atoms with Gasteiger partial charge in [0.1, 0.15) is 11.3 Å². The average molecular weight is 420 g/mol. The van der Waals surface area contributed by atoms with Crippen LogP contribution in [0.2, 0.25) is 0 Å². The van der Waals surface area contributed by atoms with E-state index in [4.69, 9.17) is 5.73 Å². The number of nitrogen functional groups attached to an aromatic ring is 1. The molecule has 1 spiro atoms. The third kappa shape index (κ3) is 2.94. The summed E-state index contributed by atoms with van der Waals surface area (Å²) in [7, 11) is 0. The number of aryl methyl sites for hydroxylation is 1. The molecule has 0 aliphatic carbocycles. The number of aromatic nitrogens is 1. The number of nitrogens with two attached hydrogens (primary N) is 1. The first-order chi connectivity index (χ1) is 14.2. The molecule has 7 nitrogen and oxygen atoms in total. The number of hydrogen-bond acceptors (Lipinski definition) is 5. The zero-order chi connectivity index (χ0) is 21.8. The predicted molar refractivity (Wildman–Crippen MR) is 111 cm³/mol. The van der Waals surface area contributed by atoms with Crippen molar-refractivity contribution in [3.8, 4) is 0 Å². The molecule has 2 aliphatic heterocycles. The lowest BCUT2D eigenvalue weighted by molar-refractivity contribution is 0.0695. The van der Waals surface area contributed by atoms with Crippen molar-refractivity contribution in [2.24, 2.45) is 5.41 Å². The van der Waals surface area contributed by atoms with E-state index in [0.29, 0.717) is 13.1 Å². The second kappa shape index (κ2) is 7.23. The van der Waals surface area contributed by atoms with Crippen LogP contribution in [0.1, 0.15) is 37.0 Å². The first-order valence-corrected chi connectivity index (χ1v) is 10.3. The lowest BCUT2D eigenvalue weighted by Crippen LogP contribution is -2.32. The fourth-order valence-electron chi connectivity index (χ4n) is 5.03. The van der Waals surface area contributed by atoms with E-state index in [-0.39, 0.29) is 23.2 Å². The van der Waals surface area contributed by atoms with Gasteiger partial charge in [-0.2, -0.15) is 0 Å². The molecule has 3 N–H and O–H groups in total. The molecule has 0 radical (unpaired) electrons. The number of rotatable bonds is 4. The summed E-state index contributed by atoms with van der Waals surface area (Å²) in [6, 6.07) is 0. The van der Waals surface area contributed by atoms with E-state index in [9.17, 15) is 14.7 Å². The number of nitrogens with zero attached hydrogens (tertiary/aromatic N) is 3. The van der Waals surface area contributed by atoms with Crippen molar-refractivity contribution < 1.29 is 18.7 Å². The highest BCUT2D eigenvalue weighted by Crippen LogP contribution is 2.44. The van der Waals surface area contributed by atoms with Gasteiger partial charge in [-0.15, -0.1) is 0 Å². The van der Waals surface area contributed by atoms with Gasteiger partial charge in [-0.05, 0) is 32.9 Å². The maximum atomic E-state index is 15.7. The predicted octanol–water partition coefficient (Wildman–Crippen LogP) is 2.50. The van der Waals surface area contributed by atoms with Crippen LogP contribution in [0.3, 0.4) is 0 Å². The number of carboxylic acids is 1. The second-order valence-corrected chi connectivity index (χ2v) is 8.37. The minimum Gasteiger partial charge on any atom is -0.477 e. The van der Waals surface area contributed by atoms with Gasteiger partial charge in [0.2, 0.25) is 5.43 Å². The number of carboxylic acid groups (broad SMARTS) is 1. The highest BCUT2D eigenvalue weighted by Gasteiger charge is 2.44. The standard InChI is InChI=1S/C21H26F2N4O3/c1-3-25-7-5-21(10-25)6-8-27(11-21)18-14(22)16(24)13-17(15(18)23)26(4-2)9-12(19(13)28)20(29)30/h9H,3-8,10-11,24H2,1-2H3,(H,29,30). The average Bonchev–Trinajstić information content (AvgIpc) is 3.32. The molecule has 4 rings (SSSR count). The summed E-state index contributed by atoms with van der Waals surface area (Å²) in [6.45, 7) is 7.83. The van der Waals surface area contributed by atoms with E-state index >= 15 is 8.78 Å². The van der Waals surface area contributed by atoms with Crippen molar-refractivity contribution in [2.75, 3.05) is 43.4 Å². The maximum absolute atomic E-state index is 15.7. The molecule has 0 bridgehead atoms. The molecule has 162 valence electrons. The number of pyridine rings is 1. The Hall–Kier alpha value is -2.68. The number of hydrogen-bond donors (Lipinski definition) is 2. The minimum atomic E-state index is -1.46. The van der Waals surface area contributed by atoms with Crippen molar-refractivity contribution >= 4 is 28.2 Å². The Balaban J connectivity index is 1.88. The Morgan fingerprint density at radius 1 is 1.17 bits per heavy atom. The minimum absolute atomic E-state index is 0.00377. The zero-order valence-corrected chi connectivity index (χ0v) is 17.2. The van der Waals surface area contributed by atoms with Crippen LogP contribution < -0.4 is 16.1 Å². The maximum Gasteiger partial charge on any atom is 0.341 e. The van der Waals surface area contributed by atoms with Gasteiger partial charge in [-0.3, -0.25) is 4.79 Å². The molecular formula is C21H26F2N4O3. The van der Waals surface area contributed by atoms with Crippen LogP contribution in [0.5, 0.6) is 0 Å². The van der Waals surface area contributed by atoms with Crippen molar-refractivity contribution in [3.05, 3.63) is 33.6 Å². The van der Waals surface area contributed by atoms with Gasteiger partial charge in [0, 0.05) is 37.8 Å². The summed E-state index contributed by atoms with van der Waals surface area (Å²) in [5.41, 5.74) is 3.54. The smallest absolute Gasteiger partial charge is 0.341 e. The van der Waals surface area contributed by atoms with Crippen molar-refractivity contribution in [3.63, 3.8) is 0 Å². The number of carbonyl (C=O) groups is 1. The molecule has 2 fully saturated rings. The van der Waals surface area contributed by atoms with Gasteiger partial charge in [-0.1, -0.05) is 6.92 Å². The number of fused-ring (bicyclic) bond motifs is 1. The van der Waals surface area contributed by atoms with Gasteiger partial charge in [0.05, 0.1) is 16.6 Å². The van der Waals surface area contributed by atoms with E-state index in [2.05, 4.69) is 11.8 Å². The van der Waals surface area contributed by atoms with Gasteiger partial charge in [0.25, 0.3) is 0 Å². The molecule has 0 amide bonds. The summed E-state index contributed by atoms with van der Waals surface area (Å²) in [5, 5.41) is 8.89. The molecule has 1 aromatic carbocycles. The summed E-state index contributed by atoms with van der Waals surface area (Å²) < 4.78 is 32.3. The third-order valence-electron chi connectivity index (χ3n) is 6.70. The Morgan fingerprint density at radius 3 is 2.47 bits per heavy atom. The molecule has 3 heterocycles. The molecule has 2 aliphatic rings. The number of benzene rings is 1. The van der Waals surface area contributed by atoms with Crippen molar-refractivity contribution in [1.82, 2.24) is 9.47 Å². The number of likely N-dealkylation sites (tertiary alicyclic amines) is 1. The highest BCUT2D eigenvalue weighted by molar-refractivity contribution is 5.99. The normalized spacial score (nSPS) is 21.9. The quantitative estimate of drug-likeness (QED) is 0.739. The molecule has 2 aromatic rings. The summed E-state index contributed by atoms with van der Waals surface area (Å²) in [4.78, 5) is 28.1. The van der Waals surface area contributed by atoms with Crippen LogP contribution in [0.15, 0.2) is 11.0 Å². The van der Waals surface area contributed by atoms with Crippen LogP contribution in [-0.4, -0.2) is 53.3 Å². The van der Waals surface area contributed by atoms with Gasteiger partial charge < -0.3 is 25.2 Å². The Bertz CT molecular complexity index is 1100. The Morgan fingerprint density at radius 2 is 1.87 bits per heavy atom. The number of aromatic carboxylic acids is 1. The first kappa shape index (κ1) is 20.6. The van der Waals surface area contributed by atoms with Crippen LogP contribution >= 0.6 is 0 Å². The fourth-order valence-corrected chi connectivity index (χ4v) is 5.03. The van der Waals surface area contributed by atoms with E-state index in [1.807, 2.05) is 0 Å². The van der Waals surface area contributed by atoms with E-state index in [1.54, 1.807) is 11.8 Å². The molecule has 1 atom stereocenters. The summed E-state index contributed by atoms with van der Waals surface area (Å²) >= 11 is 0. The van der Waals surface area contributed by atoms with Crippen LogP contribution in [0, 0.1) is 17.0 Å². The van der Waals surface area contributed by atoms with Crippen LogP contribution in [0.4, 0.5) is 20.2 Å². The summed E-state index contributed by atoms with van der Waals surface area (Å²) in [5.74, 6) is -3.32. The second-order valence-electron chi connectivity index (χ2n) is 8.37. The lowest BCUT2D eigenvalue weighted by atomic mass is 9.86. The SMILES string of the molecule is CCN1CCC2(CCN(c3c(F)c(N)c4c(=O)c(C(=O)O)cn(CC)c4c3F)C2)C1. The monoisotopic (exact) mass is 420 g/mol. The van der Waals surface area contributed by atoms with E-state index in [0.717, 1.165) is 38.7 Å². The molecule has 1 aromatic heterocycles. The highest BCUT2D eigenvalue weighted by atomic mass is 19.1. The number of anilines is 2. The zero-order valence-electron chi connectivity index (χ0n) is 17.2. The molecule has 9 heteroatoms. The Kier molecular flexibility index (Phi) is 4.96. The topological polar surface area (TPSA) is 91.8 Å². The molecular weight excluding hydrogens is 394 g/mol.